The molecule has 0 aliphatic rings. The van der Waals surface area contributed by atoms with Gasteiger partial charge in [0.2, 0.25) is 5.76 Å². The summed E-state index contributed by atoms with van der Waals surface area (Å²) in [5, 5.41) is 8.71. The molecule has 0 bridgehead atoms. The molecule has 0 unspecified atom stereocenters. The maximum absolute atomic E-state index is 10.6. The number of hydrogen-bond acceptors (Lipinski definition) is 3. The first-order valence-corrected chi connectivity index (χ1v) is 3.98. The summed E-state index contributed by atoms with van der Waals surface area (Å²) in [5.41, 5.74) is 0.671. The zero-order chi connectivity index (χ0) is 10.0. The molecule has 0 amide bonds. The topological polar surface area (TPSA) is 53.7 Å². The molecule has 13 heavy (non-hydrogen) atoms. The fourth-order valence-electron chi connectivity index (χ4n) is 1.15. The highest BCUT2D eigenvalue weighted by Crippen LogP contribution is 2.15. The van der Waals surface area contributed by atoms with E-state index in [-0.39, 0.29) is 5.76 Å². The van der Waals surface area contributed by atoms with Gasteiger partial charge in [-0.2, -0.15) is 0 Å². The normalized spacial score (nSPS) is 10.8. The molecule has 4 nitrogen and oxygen atoms in total. The predicted molar refractivity (Wildman–Crippen MR) is 47.8 cm³/mol. The number of furan rings is 1. The molecule has 0 aliphatic heterocycles. The second kappa shape index (κ2) is 3.62. The Morgan fingerprint density at radius 2 is 2.23 bits per heavy atom. The molecule has 0 aliphatic carbocycles. The Balaban J connectivity index is 2.89. The molecule has 1 heterocycles. The number of aryl methyl sites for hydroxylation is 1. The molecule has 0 atom stereocenters. The van der Waals surface area contributed by atoms with Crippen molar-refractivity contribution in [1.82, 2.24) is 4.90 Å². The minimum Gasteiger partial charge on any atom is -0.475 e. The molecular formula is C9H13NO3. The minimum absolute atomic E-state index is 0.0388. The number of rotatable bonds is 3. The second-order valence-corrected chi connectivity index (χ2v) is 3.27. The van der Waals surface area contributed by atoms with Gasteiger partial charge >= 0.3 is 5.97 Å². The van der Waals surface area contributed by atoms with Crippen LogP contribution in [0.15, 0.2) is 10.5 Å². The summed E-state index contributed by atoms with van der Waals surface area (Å²) in [4.78, 5) is 12.5. The van der Waals surface area contributed by atoms with E-state index in [9.17, 15) is 4.79 Å². The van der Waals surface area contributed by atoms with Gasteiger partial charge in [0.1, 0.15) is 5.76 Å². The Labute approximate surface area is 76.8 Å². The summed E-state index contributed by atoms with van der Waals surface area (Å²) >= 11 is 0. The van der Waals surface area contributed by atoms with Crippen molar-refractivity contribution in [2.24, 2.45) is 0 Å². The molecule has 1 N–H and O–H groups in total. The number of carboxylic acids is 1. The lowest BCUT2D eigenvalue weighted by molar-refractivity contribution is 0.0658. The van der Waals surface area contributed by atoms with Gasteiger partial charge in [0.25, 0.3) is 0 Å². The summed E-state index contributed by atoms with van der Waals surface area (Å²) in [6.07, 6.45) is 0. The van der Waals surface area contributed by atoms with Gasteiger partial charge in [-0.05, 0) is 27.1 Å². The standard InChI is InChI=1S/C9H13NO3/c1-6-4-7(5-10(2)3)13-8(6)9(11)12/h4H,5H2,1-3H3,(H,11,12). The first-order valence-electron chi connectivity index (χ1n) is 3.98. The number of carboxylic acid groups (broad SMARTS) is 1. The number of nitrogens with zero attached hydrogens (tertiary/aromatic N) is 1. The monoisotopic (exact) mass is 183 g/mol. The number of aromatic carboxylic acids is 1. The smallest absolute Gasteiger partial charge is 0.372 e. The highest BCUT2D eigenvalue weighted by atomic mass is 16.4. The van der Waals surface area contributed by atoms with Crippen molar-refractivity contribution in [2.75, 3.05) is 14.1 Å². The SMILES string of the molecule is Cc1cc(CN(C)C)oc1C(=O)O. The van der Waals surface area contributed by atoms with Gasteiger partial charge in [-0.1, -0.05) is 0 Å². The summed E-state index contributed by atoms with van der Waals surface area (Å²) in [6, 6.07) is 1.75. The maximum atomic E-state index is 10.6. The molecule has 0 spiro atoms. The van der Waals surface area contributed by atoms with E-state index in [0.29, 0.717) is 17.9 Å². The molecule has 1 rings (SSSR count). The van der Waals surface area contributed by atoms with Crippen LogP contribution in [0.1, 0.15) is 21.9 Å². The van der Waals surface area contributed by atoms with E-state index < -0.39 is 5.97 Å². The van der Waals surface area contributed by atoms with E-state index in [1.165, 1.54) is 0 Å². The Morgan fingerprint density at radius 1 is 1.62 bits per heavy atom. The van der Waals surface area contributed by atoms with Crippen molar-refractivity contribution < 1.29 is 14.3 Å². The van der Waals surface area contributed by atoms with Crippen LogP contribution in [0.2, 0.25) is 0 Å². The van der Waals surface area contributed by atoms with Gasteiger partial charge in [0.05, 0.1) is 6.54 Å². The zero-order valence-corrected chi connectivity index (χ0v) is 8.00. The number of carbonyl (C=O) groups is 1. The quantitative estimate of drug-likeness (QED) is 0.768. The van der Waals surface area contributed by atoms with E-state index in [1.807, 2.05) is 19.0 Å². The Morgan fingerprint density at radius 3 is 2.62 bits per heavy atom. The van der Waals surface area contributed by atoms with E-state index in [0.717, 1.165) is 0 Å². The average Bonchev–Trinajstić information content (AvgIpc) is 2.29. The fraction of sp³-hybridized carbons (Fsp3) is 0.444. The zero-order valence-electron chi connectivity index (χ0n) is 8.00. The highest BCUT2D eigenvalue weighted by Gasteiger charge is 2.14. The van der Waals surface area contributed by atoms with Crippen LogP contribution < -0.4 is 0 Å². The van der Waals surface area contributed by atoms with Crippen molar-refractivity contribution in [3.8, 4) is 0 Å². The third-order valence-corrected chi connectivity index (χ3v) is 1.64. The molecule has 0 radical (unpaired) electrons. The van der Waals surface area contributed by atoms with Gasteiger partial charge in [0, 0.05) is 5.56 Å². The van der Waals surface area contributed by atoms with E-state index >= 15 is 0 Å². The summed E-state index contributed by atoms with van der Waals surface area (Å²) in [5.74, 6) is -0.292. The van der Waals surface area contributed by atoms with Crippen LogP contribution in [-0.4, -0.2) is 30.1 Å². The van der Waals surface area contributed by atoms with Crippen molar-refractivity contribution in [2.45, 2.75) is 13.5 Å². The molecule has 1 aromatic rings. The average molecular weight is 183 g/mol. The van der Waals surface area contributed by atoms with E-state index in [2.05, 4.69) is 0 Å². The summed E-state index contributed by atoms with van der Waals surface area (Å²) in [6.45, 7) is 2.35. The summed E-state index contributed by atoms with van der Waals surface area (Å²) in [7, 11) is 3.80. The van der Waals surface area contributed by atoms with Crippen LogP contribution >= 0.6 is 0 Å². The Kier molecular flexibility index (Phi) is 2.72. The minimum atomic E-state index is -1.01. The lowest BCUT2D eigenvalue weighted by Gasteiger charge is -2.05. The van der Waals surface area contributed by atoms with Crippen molar-refractivity contribution in [3.63, 3.8) is 0 Å². The van der Waals surface area contributed by atoms with Gasteiger partial charge in [0.15, 0.2) is 0 Å². The molecule has 0 saturated carbocycles. The molecule has 1 aromatic heterocycles. The predicted octanol–water partition coefficient (Wildman–Crippen LogP) is 1.35. The molecule has 72 valence electrons. The van der Waals surface area contributed by atoms with E-state index in [4.69, 9.17) is 9.52 Å². The van der Waals surface area contributed by atoms with Gasteiger partial charge < -0.3 is 14.4 Å². The molecular weight excluding hydrogens is 170 g/mol. The third-order valence-electron chi connectivity index (χ3n) is 1.64. The van der Waals surface area contributed by atoms with Crippen LogP contribution in [-0.2, 0) is 6.54 Å². The van der Waals surface area contributed by atoms with Crippen molar-refractivity contribution in [3.05, 3.63) is 23.2 Å². The lowest BCUT2D eigenvalue weighted by atomic mass is 10.2. The Hall–Kier alpha value is -1.29. The van der Waals surface area contributed by atoms with Crippen LogP contribution in [0.4, 0.5) is 0 Å². The van der Waals surface area contributed by atoms with Crippen LogP contribution in [0.3, 0.4) is 0 Å². The van der Waals surface area contributed by atoms with Crippen molar-refractivity contribution in [1.29, 1.82) is 0 Å². The highest BCUT2D eigenvalue weighted by molar-refractivity contribution is 5.86. The van der Waals surface area contributed by atoms with Gasteiger partial charge in [-0.25, -0.2) is 4.79 Å². The van der Waals surface area contributed by atoms with Crippen LogP contribution in [0.5, 0.6) is 0 Å². The summed E-state index contributed by atoms with van der Waals surface area (Å²) < 4.78 is 5.15. The fourth-order valence-corrected chi connectivity index (χ4v) is 1.15. The lowest BCUT2D eigenvalue weighted by Crippen LogP contribution is -2.09. The molecule has 0 aromatic carbocycles. The van der Waals surface area contributed by atoms with Crippen LogP contribution in [0, 0.1) is 6.92 Å². The van der Waals surface area contributed by atoms with Gasteiger partial charge in [-0.3, -0.25) is 0 Å². The second-order valence-electron chi connectivity index (χ2n) is 3.27. The maximum Gasteiger partial charge on any atom is 0.372 e. The molecule has 0 saturated heterocycles. The van der Waals surface area contributed by atoms with Crippen LogP contribution in [0.25, 0.3) is 0 Å². The van der Waals surface area contributed by atoms with E-state index in [1.54, 1.807) is 13.0 Å². The molecule has 4 heteroatoms. The largest absolute Gasteiger partial charge is 0.475 e. The molecule has 0 fully saturated rings. The van der Waals surface area contributed by atoms with Gasteiger partial charge in [-0.15, -0.1) is 0 Å². The van der Waals surface area contributed by atoms with Crippen molar-refractivity contribution >= 4 is 5.97 Å². The first-order chi connectivity index (χ1) is 6.00. The first kappa shape index (κ1) is 9.80. The Bertz CT molecular complexity index is 315. The number of hydrogen-bond donors (Lipinski definition) is 1. The third kappa shape index (κ3) is 2.32.